The molecule has 3 atom stereocenters. The van der Waals surface area contributed by atoms with Crippen LogP contribution in [-0.2, 0) is 4.79 Å². The van der Waals surface area contributed by atoms with Gasteiger partial charge in [-0.15, -0.1) is 11.3 Å². The van der Waals surface area contributed by atoms with E-state index in [4.69, 9.17) is 0 Å². The monoisotopic (exact) mass is 306 g/mol. The maximum absolute atomic E-state index is 12.8. The standard InChI is InChI=1S/C17H26N2OS/c1-4-14-17(20)19(12(3)13-7-5-6-8-13)16(18-14)15-10-9-11(2)21-15/h9-10,12-14,16,18H,4-8H2,1-3H3. The van der Waals surface area contributed by atoms with Gasteiger partial charge in [-0.05, 0) is 51.2 Å². The average Bonchev–Trinajstić information content (AvgIpc) is 3.17. The van der Waals surface area contributed by atoms with Gasteiger partial charge in [-0.1, -0.05) is 19.8 Å². The number of hydrogen-bond donors (Lipinski definition) is 1. The number of carbonyl (C=O) groups excluding carboxylic acids is 1. The van der Waals surface area contributed by atoms with Gasteiger partial charge in [0.25, 0.3) is 0 Å². The second kappa shape index (κ2) is 6.09. The molecular formula is C17H26N2OS. The van der Waals surface area contributed by atoms with Crippen molar-refractivity contribution in [2.45, 2.75) is 71.1 Å². The van der Waals surface area contributed by atoms with E-state index in [2.05, 4.69) is 43.1 Å². The number of amides is 1. The lowest BCUT2D eigenvalue weighted by atomic mass is 9.97. The van der Waals surface area contributed by atoms with Gasteiger partial charge in [-0.2, -0.15) is 0 Å². The number of hydrogen-bond acceptors (Lipinski definition) is 3. The lowest BCUT2D eigenvalue weighted by Crippen LogP contribution is -2.41. The molecule has 0 radical (unpaired) electrons. The Morgan fingerprint density at radius 1 is 1.38 bits per heavy atom. The van der Waals surface area contributed by atoms with Gasteiger partial charge in [-0.3, -0.25) is 10.1 Å². The first-order valence-corrected chi connectivity index (χ1v) is 9.08. The molecule has 1 aliphatic carbocycles. The van der Waals surface area contributed by atoms with Crippen LogP contribution in [0.2, 0.25) is 0 Å². The molecule has 1 N–H and O–H groups in total. The first kappa shape index (κ1) is 15.0. The molecule has 1 aliphatic heterocycles. The number of aryl methyl sites for hydroxylation is 1. The average molecular weight is 306 g/mol. The van der Waals surface area contributed by atoms with Gasteiger partial charge in [0.15, 0.2) is 0 Å². The van der Waals surface area contributed by atoms with Crippen LogP contribution < -0.4 is 5.32 Å². The molecule has 3 unspecified atom stereocenters. The van der Waals surface area contributed by atoms with Crippen molar-refractivity contribution in [1.29, 1.82) is 0 Å². The van der Waals surface area contributed by atoms with E-state index < -0.39 is 0 Å². The van der Waals surface area contributed by atoms with Gasteiger partial charge in [0.05, 0.1) is 6.04 Å². The summed E-state index contributed by atoms with van der Waals surface area (Å²) in [5, 5.41) is 3.56. The summed E-state index contributed by atoms with van der Waals surface area (Å²) < 4.78 is 0. The van der Waals surface area contributed by atoms with Crippen LogP contribution in [0, 0.1) is 12.8 Å². The zero-order valence-corrected chi connectivity index (χ0v) is 14.1. The van der Waals surface area contributed by atoms with E-state index in [0.717, 1.165) is 6.42 Å². The summed E-state index contributed by atoms with van der Waals surface area (Å²) in [4.78, 5) is 17.5. The van der Waals surface area contributed by atoms with Crippen LogP contribution >= 0.6 is 11.3 Å². The minimum absolute atomic E-state index is 0.0127. The van der Waals surface area contributed by atoms with E-state index in [1.54, 1.807) is 11.3 Å². The van der Waals surface area contributed by atoms with Gasteiger partial charge >= 0.3 is 0 Å². The quantitative estimate of drug-likeness (QED) is 0.916. The Morgan fingerprint density at radius 2 is 2.10 bits per heavy atom. The maximum Gasteiger partial charge on any atom is 0.241 e. The molecule has 116 valence electrons. The number of carbonyl (C=O) groups is 1. The lowest BCUT2D eigenvalue weighted by molar-refractivity contribution is -0.133. The fourth-order valence-electron chi connectivity index (χ4n) is 3.86. The number of nitrogens with zero attached hydrogens (tertiary/aromatic N) is 1. The molecule has 0 aromatic carbocycles. The molecule has 0 bridgehead atoms. The molecule has 2 aliphatic rings. The Morgan fingerprint density at radius 3 is 2.67 bits per heavy atom. The molecule has 1 amide bonds. The molecule has 2 heterocycles. The first-order chi connectivity index (χ1) is 10.1. The van der Waals surface area contributed by atoms with E-state index in [1.807, 2.05) is 0 Å². The Bertz CT molecular complexity index is 507. The predicted molar refractivity (Wildman–Crippen MR) is 87.3 cm³/mol. The summed E-state index contributed by atoms with van der Waals surface area (Å²) in [7, 11) is 0. The summed E-state index contributed by atoms with van der Waals surface area (Å²) in [6.07, 6.45) is 6.15. The van der Waals surface area contributed by atoms with E-state index in [1.165, 1.54) is 35.4 Å². The Labute approximate surface area is 131 Å². The van der Waals surface area contributed by atoms with E-state index in [9.17, 15) is 4.79 Å². The van der Waals surface area contributed by atoms with Crippen LogP contribution in [-0.4, -0.2) is 22.9 Å². The number of thiophene rings is 1. The molecular weight excluding hydrogens is 280 g/mol. The van der Waals surface area contributed by atoms with Gasteiger partial charge in [0.2, 0.25) is 5.91 Å². The second-order valence-electron chi connectivity index (χ2n) is 6.51. The highest BCUT2D eigenvalue weighted by Gasteiger charge is 2.43. The normalized spacial score (nSPS) is 28.5. The topological polar surface area (TPSA) is 32.3 Å². The Balaban J connectivity index is 1.87. The van der Waals surface area contributed by atoms with Crippen molar-refractivity contribution < 1.29 is 4.79 Å². The van der Waals surface area contributed by atoms with Crippen molar-refractivity contribution in [3.63, 3.8) is 0 Å². The van der Waals surface area contributed by atoms with Crippen LogP contribution in [0.25, 0.3) is 0 Å². The fourth-order valence-corrected chi connectivity index (χ4v) is 4.80. The third kappa shape index (κ3) is 2.76. The zero-order valence-electron chi connectivity index (χ0n) is 13.3. The van der Waals surface area contributed by atoms with Gasteiger partial charge in [0.1, 0.15) is 6.17 Å². The second-order valence-corrected chi connectivity index (χ2v) is 7.83. The summed E-state index contributed by atoms with van der Waals surface area (Å²) in [5.74, 6) is 0.975. The van der Waals surface area contributed by atoms with Crippen molar-refractivity contribution in [3.8, 4) is 0 Å². The smallest absolute Gasteiger partial charge is 0.241 e. The first-order valence-electron chi connectivity index (χ1n) is 8.26. The van der Waals surface area contributed by atoms with E-state index in [0.29, 0.717) is 17.9 Å². The zero-order chi connectivity index (χ0) is 15.0. The molecule has 1 aromatic rings. The Kier molecular flexibility index (Phi) is 4.36. The molecule has 0 spiro atoms. The summed E-state index contributed by atoms with van der Waals surface area (Å²) in [6, 6.07) is 4.67. The van der Waals surface area contributed by atoms with Crippen LogP contribution in [0.5, 0.6) is 0 Å². The van der Waals surface area contributed by atoms with E-state index in [-0.39, 0.29) is 12.2 Å². The molecule has 1 saturated heterocycles. The third-order valence-corrected chi connectivity index (χ3v) is 6.20. The van der Waals surface area contributed by atoms with Crippen molar-refractivity contribution in [3.05, 3.63) is 21.9 Å². The van der Waals surface area contributed by atoms with Crippen LogP contribution in [0.1, 0.15) is 61.9 Å². The number of rotatable bonds is 4. The van der Waals surface area contributed by atoms with Crippen molar-refractivity contribution in [1.82, 2.24) is 10.2 Å². The molecule has 2 fully saturated rings. The minimum atomic E-state index is -0.0127. The van der Waals surface area contributed by atoms with Crippen molar-refractivity contribution in [2.24, 2.45) is 5.92 Å². The van der Waals surface area contributed by atoms with E-state index >= 15 is 0 Å². The highest BCUT2D eigenvalue weighted by molar-refractivity contribution is 7.12. The third-order valence-electron chi connectivity index (χ3n) is 5.15. The molecule has 4 heteroatoms. The largest absolute Gasteiger partial charge is 0.318 e. The highest BCUT2D eigenvalue weighted by Crippen LogP contribution is 2.38. The van der Waals surface area contributed by atoms with Gasteiger partial charge in [0, 0.05) is 15.8 Å². The predicted octanol–water partition coefficient (Wildman–Crippen LogP) is 3.84. The molecule has 3 nitrogen and oxygen atoms in total. The van der Waals surface area contributed by atoms with Crippen LogP contribution in [0.3, 0.4) is 0 Å². The minimum Gasteiger partial charge on any atom is -0.318 e. The SMILES string of the molecule is CCC1NC(c2ccc(C)s2)N(C(C)C2CCCC2)C1=O. The van der Waals surface area contributed by atoms with Gasteiger partial charge < -0.3 is 4.90 Å². The van der Waals surface area contributed by atoms with Crippen LogP contribution in [0.4, 0.5) is 0 Å². The highest BCUT2D eigenvalue weighted by atomic mass is 32.1. The number of nitrogens with one attached hydrogen (secondary N) is 1. The fraction of sp³-hybridized carbons (Fsp3) is 0.706. The summed E-state index contributed by atoms with van der Waals surface area (Å²) >= 11 is 1.81. The summed E-state index contributed by atoms with van der Waals surface area (Å²) in [5.41, 5.74) is 0. The molecule has 3 rings (SSSR count). The molecule has 1 aromatic heterocycles. The van der Waals surface area contributed by atoms with Crippen molar-refractivity contribution in [2.75, 3.05) is 0 Å². The lowest BCUT2D eigenvalue weighted by Gasteiger charge is -2.33. The molecule has 1 saturated carbocycles. The van der Waals surface area contributed by atoms with Gasteiger partial charge in [-0.25, -0.2) is 0 Å². The summed E-state index contributed by atoms with van der Waals surface area (Å²) in [6.45, 7) is 6.48. The Hall–Kier alpha value is -0.870. The molecule has 21 heavy (non-hydrogen) atoms. The maximum atomic E-state index is 12.8. The van der Waals surface area contributed by atoms with Crippen LogP contribution in [0.15, 0.2) is 12.1 Å². The van der Waals surface area contributed by atoms with Crippen molar-refractivity contribution >= 4 is 17.2 Å².